The van der Waals surface area contributed by atoms with Gasteiger partial charge in [0.1, 0.15) is 11.6 Å². The molecular weight excluding hydrogens is 453 g/mol. The number of carbonyl (C=O) groups is 1. The Morgan fingerprint density at radius 3 is 2.56 bits per heavy atom. The topological polar surface area (TPSA) is 71.8 Å². The predicted octanol–water partition coefficient (Wildman–Crippen LogP) is 4.53. The van der Waals surface area contributed by atoms with Crippen LogP contribution in [0.5, 0.6) is 5.75 Å². The molecule has 2 aromatic carbocycles. The molecule has 1 amide bonds. The summed E-state index contributed by atoms with van der Waals surface area (Å²) in [6, 6.07) is 14.1. The molecule has 0 spiro atoms. The van der Waals surface area contributed by atoms with Gasteiger partial charge in [-0.1, -0.05) is 23.5 Å². The number of halogens is 1. The maximum atomic E-state index is 13.2. The number of nitrogens with one attached hydrogen (secondary N) is 1. The summed E-state index contributed by atoms with van der Waals surface area (Å²) in [7, 11) is 0. The maximum Gasteiger partial charge on any atom is 0.223 e. The lowest BCUT2D eigenvalue weighted by molar-refractivity contribution is -0.125. The molecule has 34 heavy (non-hydrogen) atoms. The number of aromatic nitrogens is 3. The zero-order chi connectivity index (χ0) is 23.5. The first-order chi connectivity index (χ1) is 16.6. The van der Waals surface area contributed by atoms with Crippen molar-refractivity contribution in [3.8, 4) is 17.0 Å². The highest BCUT2D eigenvalue weighted by molar-refractivity contribution is 7.20. The van der Waals surface area contributed by atoms with Crippen molar-refractivity contribution in [2.45, 2.75) is 26.3 Å². The van der Waals surface area contributed by atoms with Gasteiger partial charge in [0.2, 0.25) is 16.0 Å². The molecule has 1 saturated heterocycles. The molecule has 1 fully saturated rings. The van der Waals surface area contributed by atoms with Crippen molar-refractivity contribution >= 4 is 27.3 Å². The number of nitrogens with zero attached hydrogens (tertiary/aromatic N) is 4. The molecule has 0 atom stereocenters. The zero-order valence-electron chi connectivity index (χ0n) is 18.9. The van der Waals surface area contributed by atoms with E-state index in [0.29, 0.717) is 13.2 Å². The van der Waals surface area contributed by atoms with Gasteiger partial charge >= 0.3 is 0 Å². The normalized spacial score (nSPS) is 14.5. The quantitative estimate of drug-likeness (QED) is 0.422. The predicted molar refractivity (Wildman–Crippen MR) is 131 cm³/mol. The lowest BCUT2D eigenvalue weighted by Crippen LogP contribution is -2.40. The number of amides is 1. The minimum atomic E-state index is -0.265. The third-order valence-electron chi connectivity index (χ3n) is 6.01. The van der Waals surface area contributed by atoms with E-state index in [9.17, 15) is 9.18 Å². The average Bonchev–Trinajstić information content (AvgIpc) is 3.44. The number of anilines is 1. The number of fused-ring (bicyclic) bond motifs is 1. The first-order valence-electron chi connectivity index (χ1n) is 11.5. The van der Waals surface area contributed by atoms with Crippen LogP contribution in [0.3, 0.4) is 0 Å². The molecule has 0 unspecified atom stereocenters. The molecule has 2 aromatic heterocycles. The highest BCUT2D eigenvalue weighted by atomic mass is 32.1. The van der Waals surface area contributed by atoms with E-state index >= 15 is 0 Å². The molecule has 0 radical (unpaired) electrons. The first kappa shape index (κ1) is 22.3. The fourth-order valence-corrected chi connectivity index (χ4v) is 5.05. The number of hydrogen-bond donors (Lipinski definition) is 1. The van der Waals surface area contributed by atoms with Crippen LogP contribution < -0.4 is 15.0 Å². The second-order valence-corrected chi connectivity index (χ2v) is 9.24. The third-order valence-corrected chi connectivity index (χ3v) is 6.99. The second kappa shape index (κ2) is 9.80. The van der Waals surface area contributed by atoms with Gasteiger partial charge in [-0.3, -0.25) is 4.79 Å². The van der Waals surface area contributed by atoms with Crippen molar-refractivity contribution in [2.75, 3.05) is 24.6 Å². The molecule has 1 N–H and O–H groups in total. The monoisotopic (exact) mass is 479 g/mol. The van der Waals surface area contributed by atoms with Gasteiger partial charge in [-0.15, -0.1) is 5.10 Å². The van der Waals surface area contributed by atoms with Crippen molar-refractivity contribution in [2.24, 2.45) is 5.92 Å². The highest BCUT2D eigenvalue weighted by Crippen LogP contribution is 2.30. The van der Waals surface area contributed by atoms with E-state index in [2.05, 4.69) is 20.3 Å². The number of ether oxygens (including phenoxy) is 1. The summed E-state index contributed by atoms with van der Waals surface area (Å²) in [4.78, 5) is 20.3. The summed E-state index contributed by atoms with van der Waals surface area (Å²) in [5.41, 5.74) is 2.69. The van der Waals surface area contributed by atoms with Crippen molar-refractivity contribution in [1.29, 1.82) is 0 Å². The van der Waals surface area contributed by atoms with Gasteiger partial charge < -0.3 is 15.0 Å². The number of piperidine rings is 1. The number of carbonyl (C=O) groups excluding carboxylic acids is 1. The molecule has 176 valence electrons. The summed E-state index contributed by atoms with van der Waals surface area (Å²) in [5.74, 6) is 0.684. The number of hydrogen-bond acceptors (Lipinski definition) is 6. The van der Waals surface area contributed by atoms with E-state index in [0.717, 1.165) is 58.6 Å². The molecule has 1 aliphatic rings. The van der Waals surface area contributed by atoms with Crippen LogP contribution in [-0.4, -0.2) is 40.2 Å². The van der Waals surface area contributed by atoms with Crippen LogP contribution in [0.2, 0.25) is 0 Å². The Hall–Kier alpha value is -3.46. The largest absolute Gasteiger partial charge is 0.494 e. The van der Waals surface area contributed by atoms with Gasteiger partial charge in [-0.05, 0) is 61.7 Å². The van der Waals surface area contributed by atoms with E-state index in [1.807, 2.05) is 37.4 Å². The minimum absolute atomic E-state index is 0.00747. The van der Waals surface area contributed by atoms with Gasteiger partial charge in [-0.2, -0.15) is 0 Å². The number of imidazole rings is 1. The molecular formula is C25H26FN5O2S. The molecule has 0 aliphatic carbocycles. The lowest BCUT2D eigenvalue weighted by Gasteiger charge is -2.30. The van der Waals surface area contributed by atoms with Crippen LogP contribution in [0.4, 0.5) is 9.52 Å². The van der Waals surface area contributed by atoms with Crippen molar-refractivity contribution in [3.05, 3.63) is 66.1 Å². The van der Waals surface area contributed by atoms with Crippen molar-refractivity contribution < 1.29 is 13.9 Å². The van der Waals surface area contributed by atoms with E-state index in [4.69, 9.17) is 4.74 Å². The Kier molecular flexibility index (Phi) is 6.44. The first-order valence-corrected chi connectivity index (χ1v) is 12.3. The lowest BCUT2D eigenvalue weighted by atomic mass is 9.96. The average molecular weight is 480 g/mol. The van der Waals surface area contributed by atoms with Gasteiger partial charge in [0.15, 0.2) is 0 Å². The summed E-state index contributed by atoms with van der Waals surface area (Å²) < 4.78 is 20.4. The van der Waals surface area contributed by atoms with Gasteiger partial charge in [0.25, 0.3) is 0 Å². The Morgan fingerprint density at radius 1 is 1.15 bits per heavy atom. The molecule has 1 aliphatic heterocycles. The summed E-state index contributed by atoms with van der Waals surface area (Å²) in [6.45, 7) is 4.67. The van der Waals surface area contributed by atoms with E-state index in [-0.39, 0.29) is 17.6 Å². The molecule has 4 aromatic rings. The van der Waals surface area contributed by atoms with Crippen LogP contribution in [-0.2, 0) is 11.3 Å². The molecule has 7 nitrogen and oxygen atoms in total. The van der Waals surface area contributed by atoms with Gasteiger partial charge in [0, 0.05) is 31.1 Å². The standard InChI is InChI=1S/C25H26FN5O2S/c1-2-33-21-9-3-17(4-10-21)15-27-23(32)19-11-13-30(14-12-19)25-29-31-16-22(28-24(31)34-25)18-5-7-20(26)8-6-18/h3-10,16,19H,2,11-15H2,1H3,(H,27,32). The fraction of sp³-hybridized carbons (Fsp3) is 0.320. The molecule has 3 heterocycles. The summed E-state index contributed by atoms with van der Waals surface area (Å²) in [6.07, 6.45) is 3.44. The number of benzene rings is 2. The number of rotatable bonds is 7. The summed E-state index contributed by atoms with van der Waals surface area (Å²) in [5, 5.41) is 8.65. The molecule has 5 rings (SSSR count). The Morgan fingerprint density at radius 2 is 1.88 bits per heavy atom. The van der Waals surface area contributed by atoms with E-state index in [1.54, 1.807) is 16.6 Å². The summed E-state index contributed by atoms with van der Waals surface area (Å²) >= 11 is 1.53. The highest BCUT2D eigenvalue weighted by Gasteiger charge is 2.26. The van der Waals surface area contributed by atoms with E-state index < -0.39 is 0 Å². The van der Waals surface area contributed by atoms with Crippen LogP contribution in [0.1, 0.15) is 25.3 Å². The van der Waals surface area contributed by atoms with E-state index in [1.165, 1.54) is 23.5 Å². The van der Waals surface area contributed by atoms with Crippen LogP contribution in [0.15, 0.2) is 54.7 Å². The minimum Gasteiger partial charge on any atom is -0.494 e. The third kappa shape index (κ3) is 4.89. The molecule has 0 bridgehead atoms. The Labute approximate surface area is 201 Å². The van der Waals surface area contributed by atoms with Gasteiger partial charge in [0.05, 0.1) is 18.5 Å². The SMILES string of the molecule is CCOc1ccc(CNC(=O)C2CCN(c3nn4cc(-c5ccc(F)cc5)nc4s3)CC2)cc1. The Balaban J connectivity index is 1.14. The van der Waals surface area contributed by atoms with Crippen LogP contribution in [0.25, 0.3) is 16.2 Å². The second-order valence-electron chi connectivity index (χ2n) is 8.30. The van der Waals surface area contributed by atoms with Crippen molar-refractivity contribution in [3.63, 3.8) is 0 Å². The Bertz CT molecular complexity index is 1230. The smallest absolute Gasteiger partial charge is 0.223 e. The molecule has 0 saturated carbocycles. The van der Waals surface area contributed by atoms with Gasteiger partial charge in [-0.25, -0.2) is 13.9 Å². The fourth-order valence-electron chi connectivity index (χ4n) is 4.11. The van der Waals surface area contributed by atoms with Crippen LogP contribution in [0, 0.1) is 11.7 Å². The zero-order valence-corrected chi connectivity index (χ0v) is 19.7. The molecule has 9 heteroatoms. The maximum absolute atomic E-state index is 13.2. The van der Waals surface area contributed by atoms with Crippen LogP contribution >= 0.6 is 11.3 Å². The van der Waals surface area contributed by atoms with Crippen molar-refractivity contribution in [1.82, 2.24) is 19.9 Å².